The van der Waals surface area contributed by atoms with Crippen LogP contribution in [0.1, 0.15) is 56.8 Å². The Morgan fingerprint density at radius 2 is 1.97 bits per heavy atom. The molecule has 1 aromatic heterocycles. The van der Waals surface area contributed by atoms with E-state index in [1.165, 1.54) is 23.6 Å². The van der Waals surface area contributed by atoms with Gasteiger partial charge in [-0.2, -0.15) is 0 Å². The van der Waals surface area contributed by atoms with Crippen LogP contribution in [0.3, 0.4) is 0 Å². The van der Waals surface area contributed by atoms with Gasteiger partial charge in [0.15, 0.2) is 0 Å². The Morgan fingerprint density at radius 1 is 1.16 bits per heavy atom. The van der Waals surface area contributed by atoms with Gasteiger partial charge in [0.25, 0.3) is 0 Å². The van der Waals surface area contributed by atoms with Crippen LogP contribution in [0.15, 0.2) is 30.3 Å². The van der Waals surface area contributed by atoms with Gasteiger partial charge in [0.2, 0.25) is 0 Å². The quantitative estimate of drug-likeness (QED) is 0.519. The van der Waals surface area contributed by atoms with Gasteiger partial charge in [-0.1, -0.05) is 25.1 Å². The van der Waals surface area contributed by atoms with E-state index in [2.05, 4.69) is 40.7 Å². The first-order valence-electron chi connectivity index (χ1n) is 11.5. The summed E-state index contributed by atoms with van der Waals surface area (Å²) in [5.41, 5.74) is 4.39. The third kappa shape index (κ3) is 3.19. The minimum Gasteiger partial charge on any atom is -0.466 e. The number of piperidine rings is 1. The van der Waals surface area contributed by atoms with Gasteiger partial charge in [-0.25, -0.2) is 4.79 Å². The highest BCUT2D eigenvalue weighted by molar-refractivity contribution is 6.13. The van der Waals surface area contributed by atoms with E-state index in [1.807, 2.05) is 6.07 Å². The number of rotatable bonds is 6. The van der Waals surface area contributed by atoms with Crippen molar-refractivity contribution in [3.05, 3.63) is 41.6 Å². The number of carbonyl (C=O) groups excluding carboxylic acids is 2. The van der Waals surface area contributed by atoms with E-state index in [0.717, 1.165) is 44.3 Å². The lowest BCUT2D eigenvalue weighted by Gasteiger charge is -2.53. The number of para-hydroxylation sites is 1. The molecular weight excluding hydrogens is 392 g/mol. The molecule has 3 aliphatic heterocycles. The number of fused-ring (bicyclic) bond motifs is 3. The molecule has 3 aliphatic rings. The molecule has 0 spiro atoms. The van der Waals surface area contributed by atoms with Crippen molar-refractivity contribution in [2.75, 3.05) is 26.3 Å². The second-order valence-electron chi connectivity index (χ2n) is 8.95. The van der Waals surface area contributed by atoms with E-state index >= 15 is 0 Å². The molecular formula is C25H30N2O4. The molecule has 0 amide bonds. The number of hydrogen-bond donors (Lipinski definition) is 0. The van der Waals surface area contributed by atoms with Crippen LogP contribution < -0.4 is 0 Å². The summed E-state index contributed by atoms with van der Waals surface area (Å²) in [6, 6.07) is 8.75. The minimum absolute atomic E-state index is 0.0378. The number of esters is 2. The van der Waals surface area contributed by atoms with Crippen molar-refractivity contribution in [1.29, 1.82) is 0 Å². The zero-order chi connectivity index (χ0) is 21.6. The van der Waals surface area contributed by atoms with E-state index in [1.54, 1.807) is 0 Å². The van der Waals surface area contributed by atoms with E-state index in [4.69, 9.17) is 9.47 Å². The normalized spacial score (nSPS) is 24.5. The van der Waals surface area contributed by atoms with E-state index in [0.29, 0.717) is 18.2 Å². The maximum atomic E-state index is 13.3. The summed E-state index contributed by atoms with van der Waals surface area (Å²) in [7, 11) is 0. The maximum absolute atomic E-state index is 13.3. The molecule has 0 radical (unpaired) electrons. The second kappa shape index (κ2) is 7.83. The van der Waals surface area contributed by atoms with Crippen molar-refractivity contribution in [3.8, 4) is 0 Å². The van der Waals surface area contributed by atoms with Gasteiger partial charge < -0.3 is 14.0 Å². The Hall–Kier alpha value is -2.60. The Morgan fingerprint density at radius 3 is 2.77 bits per heavy atom. The average molecular weight is 423 g/mol. The van der Waals surface area contributed by atoms with Crippen molar-refractivity contribution in [3.63, 3.8) is 0 Å². The molecule has 0 saturated carbocycles. The number of hydrogen-bond acceptors (Lipinski definition) is 5. The zero-order valence-electron chi connectivity index (χ0n) is 18.4. The third-order valence-corrected chi connectivity index (χ3v) is 7.29. The second-order valence-corrected chi connectivity index (χ2v) is 8.95. The van der Waals surface area contributed by atoms with Crippen molar-refractivity contribution in [2.24, 2.45) is 5.41 Å². The van der Waals surface area contributed by atoms with Gasteiger partial charge in [-0.3, -0.25) is 9.69 Å². The first-order valence-corrected chi connectivity index (χ1v) is 11.5. The van der Waals surface area contributed by atoms with Gasteiger partial charge in [0.1, 0.15) is 5.70 Å². The summed E-state index contributed by atoms with van der Waals surface area (Å²) in [6.45, 7) is 6.33. The van der Waals surface area contributed by atoms with Crippen molar-refractivity contribution >= 4 is 28.5 Å². The molecule has 2 atom stereocenters. The number of ether oxygens (including phenoxy) is 2. The van der Waals surface area contributed by atoms with E-state index in [9.17, 15) is 9.59 Å². The van der Waals surface area contributed by atoms with Crippen LogP contribution in [0.5, 0.6) is 0 Å². The standard InChI is InChI=1S/C25H30N2O4/c1-3-25-11-6-12-26-13-10-19-18-8-4-5-9-20(18)27(22(19)23(25)26)21(16-25)24(29)31-15-7-14-30-17(2)28/h4-5,8-9,16,23H,3,6-7,10-15H2,1-2H3/t23-,25-/m0/s1. The van der Waals surface area contributed by atoms with E-state index in [-0.39, 0.29) is 30.6 Å². The zero-order valence-corrected chi connectivity index (χ0v) is 18.4. The fraction of sp³-hybridized carbons (Fsp3) is 0.520. The molecule has 6 nitrogen and oxygen atoms in total. The lowest BCUT2D eigenvalue weighted by molar-refractivity contribution is -0.142. The Balaban J connectivity index is 1.55. The largest absolute Gasteiger partial charge is 0.466 e. The molecule has 0 unspecified atom stereocenters. The average Bonchev–Trinajstić information content (AvgIpc) is 3.12. The van der Waals surface area contributed by atoms with Gasteiger partial charge in [-0.15, -0.1) is 0 Å². The van der Waals surface area contributed by atoms with Crippen LogP contribution in [0.2, 0.25) is 0 Å². The summed E-state index contributed by atoms with van der Waals surface area (Å²) in [4.78, 5) is 26.9. The highest BCUT2D eigenvalue weighted by Gasteiger charge is 2.51. The SMILES string of the molecule is CC[C@@]12C=C(C(=O)OCCCOC(C)=O)n3c4c(c5ccccc53)CCN(CCC1)[C@@H]42. The number of benzene rings is 1. The smallest absolute Gasteiger partial charge is 0.355 e. The molecule has 5 rings (SSSR count). The highest BCUT2D eigenvalue weighted by atomic mass is 16.5. The number of nitrogens with zero attached hydrogens (tertiary/aromatic N) is 2. The molecule has 0 aliphatic carbocycles. The molecule has 6 heteroatoms. The van der Waals surface area contributed by atoms with Gasteiger partial charge in [0, 0.05) is 36.4 Å². The van der Waals surface area contributed by atoms with Crippen molar-refractivity contribution < 1.29 is 19.1 Å². The van der Waals surface area contributed by atoms with Crippen LogP contribution in [0.25, 0.3) is 16.6 Å². The maximum Gasteiger partial charge on any atom is 0.355 e. The molecule has 1 aromatic carbocycles. The van der Waals surface area contributed by atoms with Gasteiger partial charge >= 0.3 is 11.9 Å². The summed E-state index contributed by atoms with van der Waals surface area (Å²) in [5, 5.41) is 1.25. The van der Waals surface area contributed by atoms with Crippen LogP contribution in [0.4, 0.5) is 0 Å². The highest BCUT2D eigenvalue weighted by Crippen LogP contribution is 2.57. The third-order valence-electron chi connectivity index (χ3n) is 7.29. The fourth-order valence-corrected chi connectivity index (χ4v) is 5.94. The lowest BCUT2D eigenvalue weighted by Crippen LogP contribution is -2.51. The number of aromatic nitrogens is 1. The molecule has 1 saturated heterocycles. The summed E-state index contributed by atoms with van der Waals surface area (Å²) >= 11 is 0. The van der Waals surface area contributed by atoms with Gasteiger partial charge in [0.05, 0.1) is 24.8 Å². The van der Waals surface area contributed by atoms with Crippen molar-refractivity contribution in [1.82, 2.24) is 9.47 Å². The molecule has 164 valence electrons. The molecule has 4 heterocycles. The molecule has 1 fully saturated rings. The van der Waals surface area contributed by atoms with Crippen molar-refractivity contribution in [2.45, 2.75) is 52.0 Å². The monoisotopic (exact) mass is 422 g/mol. The minimum atomic E-state index is -0.315. The topological polar surface area (TPSA) is 60.8 Å². The Bertz CT molecular complexity index is 1070. The van der Waals surface area contributed by atoms with Crippen LogP contribution in [0, 0.1) is 5.41 Å². The molecule has 0 N–H and O–H groups in total. The summed E-state index contributed by atoms with van der Waals surface area (Å²) < 4.78 is 12.8. The molecule has 31 heavy (non-hydrogen) atoms. The van der Waals surface area contributed by atoms with Crippen LogP contribution in [-0.2, 0) is 25.5 Å². The Kier molecular flexibility index (Phi) is 5.13. The fourth-order valence-electron chi connectivity index (χ4n) is 5.94. The first-order chi connectivity index (χ1) is 15.1. The Labute approximate surface area is 182 Å². The molecule has 0 bridgehead atoms. The predicted octanol–water partition coefficient (Wildman–Crippen LogP) is 4.08. The van der Waals surface area contributed by atoms with Crippen LogP contribution >= 0.6 is 0 Å². The summed E-state index contributed by atoms with van der Waals surface area (Å²) in [6.07, 6.45) is 6.98. The molecule has 2 aromatic rings. The summed E-state index contributed by atoms with van der Waals surface area (Å²) in [5.74, 6) is -0.607. The van der Waals surface area contributed by atoms with E-state index < -0.39 is 0 Å². The lowest BCUT2D eigenvalue weighted by atomic mass is 9.66. The number of carbonyl (C=O) groups is 2. The van der Waals surface area contributed by atoms with Crippen LogP contribution in [-0.4, -0.2) is 47.7 Å². The predicted molar refractivity (Wildman–Crippen MR) is 118 cm³/mol. The first kappa shape index (κ1) is 20.3. The van der Waals surface area contributed by atoms with Gasteiger partial charge in [-0.05, 0) is 49.9 Å².